The lowest BCUT2D eigenvalue weighted by molar-refractivity contribution is -0.138. The third-order valence-electron chi connectivity index (χ3n) is 3.08. The molecule has 1 N–H and O–H groups in total. The van der Waals surface area contributed by atoms with Crippen molar-refractivity contribution in [3.63, 3.8) is 0 Å². The van der Waals surface area contributed by atoms with E-state index in [9.17, 15) is 18.0 Å². The molecule has 0 saturated carbocycles. The molecule has 0 aromatic heterocycles. The molecule has 1 aromatic rings. The van der Waals surface area contributed by atoms with Gasteiger partial charge in [-0.2, -0.15) is 13.2 Å². The number of methoxy groups -OCH3 is 1. The topological polar surface area (TPSA) is 59.9 Å². The van der Waals surface area contributed by atoms with Crippen molar-refractivity contribution in [2.45, 2.75) is 19.0 Å². The van der Waals surface area contributed by atoms with E-state index in [0.717, 1.165) is 6.07 Å². The average molecular weight is 316 g/mol. The van der Waals surface area contributed by atoms with Gasteiger partial charge in [0.25, 0.3) is 5.91 Å². The highest BCUT2D eigenvalue weighted by Gasteiger charge is 2.34. The minimum atomic E-state index is -4.48. The molecule has 1 amide bonds. The Morgan fingerprint density at radius 3 is 2.77 bits per heavy atom. The number of aryl methyl sites for hydroxylation is 1. The predicted octanol–water partition coefficient (Wildman–Crippen LogP) is 2.09. The van der Waals surface area contributed by atoms with Crippen molar-refractivity contribution >= 4 is 11.8 Å². The van der Waals surface area contributed by atoms with Crippen molar-refractivity contribution in [2.75, 3.05) is 20.3 Å². The number of nitrogens with zero attached hydrogens (tertiary/aromatic N) is 1. The molecule has 22 heavy (non-hydrogen) atoms. The van der Waals surface area contributed by atoms with Crippen molar-refractivity contribution < 1.29 is 27.4 Å². The summed E-state index contributed by atoms with van der Waals surface area (Å²) >= 11 is 0. The van der Waals surface area contributed by atoms with Crippen LogP contribution in [0.2, 0.25) is 0 Å². The Morgan fingerprint density at radius 2 is 2.18 bits per heavy atom. The number of ether oxygens (including phenoxy) is 2. The van der Waals surface area contributed by atoms with Crippen LogP contribution < -0.4 is 5.43 Å². The molecule has 1 aliphatic heterocycles. The quantitative estimate of drug-likeness (QED) is 0.846. The normalized spacial score (nSPS) is 15.1. The molecule has 0 atom stereocenters. The van der Waals surface area contributed by atoms with Crippen molar-refractivity contribution in [1.82, 2.24) is 5.43 Å². The molecule has 0 spiro atoms. The molecular weight excluding hydrogens is 301 g/mol. The Morgan fingerprint density at radius 1 is 1.41 bits per heavy atom. The fourth-order valence-electron chi connectivity index (χ4n) is 2.06. The van der Waals surface area contributed by atoms with E-state index in [-0.39, 0.29) is 30.1 Å². The van der Waals surface area contributed by atoms with E-state index in [2.05, 4.69) is 10.5 Å². The molecule has 120 valence electrons. The average Bonchev–Trinajstić information content (AvgIpc) is 2.47. The van der Waals surface area contributed by atoms with Crippen molar-refractivity contribution in [3.8, 4) is 0 Å². The van der Waals surface area contributed by atoms with Gasteiger partial charge in [0, 0.05) is 19.3 Å². The number of hydrogen-bond donors (Lipinski definition) is 1. The number of carbonyl (C=O) groups is 1. The number of hydrazone groups is 1. The predicted molar refractivity (Wildman–Crippen MR) is 72.3 cm³/mol. The van der Waals surface area contributed by atoms with Gasteiger partial charge in [-0.25, -0.2) is 5.43 Å². The van der Waals surface area contributed by atoms with E-state index >= 15 is 0 Å². The van der Waals surface area contributed by atoms with Gasteiger partial charge in [-0.15, -0.1) is 5.10 Å². The lowest BCUT2D eigenvalue weighted by atomic mass is 9.99. The number of rotatable bonds is 5. The van der Waals surface area contributed by atoms with Gasteiger partial charge in [-0.05, 0) is 30.5 Å². The Kier molecular flexibility index (Phi) is 5.02. The summed E-state index contributed by atoms with van der Waals surface area (Å²) in [6, 6.07) is 3.88. The number of carbonyl (C=O) groups excluding carboxylic acids is 1. The molecule has 2 rings (SSSR count). The molecule has 1 aliphatic rings. The maximum Gasteiger partial charge on any atom is 0.416 e. The van der Waals surface area contributed by atoms with Crippen LogP contribution >= 0.6 is 0 Å². The molecule has 0 radical (unpaired) electrons. The molecule has 1 heterocycles. The maximum atomic E-state index is 13.2. The highest BCUT2D eigenvalue weighted by Crippen LogP contribution is 2.33. The summed E-state index contributed by atoms with van der Waals surface area (Å²) < 4.78 is 49.4. The molecule has 0 unspecified atom stereocenters. The minimum Gasteiger partial charge on any atom is -0.466 e. The van der Waals surface area contributed by atoms with E-state index < -0.39 is 17.6 Å². The largest absolute Gasteiger partial charge is 0.466 e. The van der Waals surface area contributed by atoms with Crippen LogP contribution in [0.4, 0.5) is 13.2 Å². The first kappa shape index (κ1) is 16.3. The third kappa shape index (κ3) is 3.97. The monoisotopic (exact) mass is 316 g/mol. The van der Waals surface area contributed by atoms with Gasteiger partial charge in [-0.3, -0.25) is 4.79 Å². The van der Waals surface area contributed by atoms with Crippen LogP contribution in [0.25, 0.3) is 0 Å². The SMILES string of the molecule is COCCCc1ccc(C2=NNC(=O)CO2)cc1C(F)(F)F. The summed E-state index contributed by atoms with van der Waals surface area (Å²) in [7, 11) is 1.50. The fraction of sp³-hybridized carbons (Fsp3) is 0.429. The van der Waals surface area contributed by atoms with Gasteiger partial charge >= 0.3 is 6.18 Å². The Labute approximate surface area is 125 Å². The molecular formula is C14H15F3N2O3. The molecule has 0 fully saturated rings. The third-order valence-corrected chi connectivity index (χ3v) is 3.08. The zero-order chi connectivity index (χ0) is 16.2. The van der Waals surface area contributed by atoms with Crippen LogP contribution in [0.1, 0.15) is 23.1 Å². The summed E-state index contributed by atoms with van der Waals surface area (Å²) in [4.78, 5) is 10.9. The van der Waals surface area contributed by atoms with Gasteiger partial charge in [0.1, 0.15) is 0 Å². The maximum absolute atomic E-state index is 13.2. The van der Waals surface area contributed by atoms with Gasteiger partial charge in [0.05, 0.1) is 5.56 Å². The smallest absolute Gasteiger partial charge is 0.416 e. The first-order chi connectivity index (χ1) is 10.4. The highest BCUT2D eigenvalue weighted by atomic mass is 19.4. The Bertz CT molecular complexity index is 585. The fourth-order valence-corrected chi connectivity index (χ4v) is 2.06. The first-order valence-electron chi connectivity index (χ1n) is 6.60. The van der Waals surface area contributed by atoms with Crippen molar-refractivity contribution in [3.05, 3.63) is 34.9 Å². The molecule has 0 bridgehead atoms. The van der Waals surface area contributed by atoms with Crippen LogP contribution in [-0.4, -0.2) is 32.1 Å². The Balaban J connectivity index is 2.29. The van der Waals surface area contributed by atoms with Crippen LogP contribution in [0.5, 0.6) is 0 Å². The van der Waals surface area contributed by atoms with Crippen LogP contribution in [0.15, 0.2) is 23.3 Å². The molecule has 1 aromatic carbocycles. The summed E-state index contributed by atoms with van der Waals surface area (Å²) in [6.07, 6.45) is -3.73. The van der Waals surface area contributed by atoms with Gasteiger partial charge < -0.3 is 9.47 Å². The van der Waals surface area contributed by atoms with E-state index in [0.29, 0.717) is 13.0 Å². The minimum absolute atomic E-state index is 0.0338. The van der Waals surface area contributed by atoms with Crippen molar-refractivity contribution in [1.29, 1.82) is 0 Å². The molecule has 8 heteroatoms. The van der Waals surface area contributed by atoms with Crippen LogP contribution in [0, 0.1) is 0 Å². The number of nitrogens with one attached hydrogen (secondary N) is 1. The lowest BCUT2D eigenvalue weighted by Crippen LogP contribution is -2.32. The standard InChI is InChI=1S/C14H15F3N2O3/c1-21-6-2-3-9-4-5-10(7-11(9)14(15,16)17)13-19-18-12(20)8-22-13/h4-5,7H,2-3,6,8H2,1H3,(H,18,20). The second-order valence-electron chi connectivity index (χ2n) is 4.71. The molecule has 0 saturated heterocycles. The van der Waals surface area contributed by atoms with E-state index in [1.165, 1.54) is 19.2 Å². The second-order valence-corrected chi connectivity index (χ2v) is 4.71. The van der Waals surface area contributed by atoms with Gasteiger partial charge in [0.15, 0.2) is 6.61 Å². The van der Waals surface area contributed by atoms with Crippen LogP contribution in [-0.2, 0) is 26.9 Å². The summed E-state index contributed by atoms with van der Waals surface area (Å²) in [5, 5.41) is 3.62. The van der Waals surface area contributed by atoms with Crippen LogP contribution in [0.3, 0.4) is 0 Å². The van der Waals surface area contributed by atoms with E-state index in [4.69, 9.17) is 9.47 Å². The number of hydrogen-bond acceptors (Lipinski definition) is 4. The highest BCUT2D eigenvalue weighted by molar-refractivity contribution is 5.98. The second kappa shape index (κ2) is 6.78. The number of amides is 1. The summed E-state index contributed by atoms with van der Waals surface area (Å²) in [6.45, 7) is 0.122. The van der Waals surface area contributed by atoms with Crippen molar-refractivity contribution in [2.24, 2.45) is 5.10 Å². The first-order valence-corrected chi connectivity index (χ1v) is 6.60. The summed E-state index contributed by atoms with van der Waals surface area (Å²) in [5.74, 6) is -0.482. The zero-order valence-corrected chi connectivity index (χ0v) is 11.9. The molecule has 0 aliphatic carbocycles. The zero-order valence-electron chi connectivity index (χ0n) is 11.9. The van der Waals surface area contributed by atoms with E-state index in [1.807, 2.05) is 0 Å². The number of alkyl halides is 3. The van der Waals surface area contributed by atoms with E-state index in [1.54, 1.807) is 0 Å². The number of halogens is 3. The van der Waals surface area contributed by atoms with Gasteiger partial charge in [0.2, 0.25) is 5.90 Å². The Hall–Kier alpha value is -2.09. The number of benzene rings is 1. The molecule has 5 nitrogen and oxygen atoms in total. The lowest BCUT2D eigenvalue weighted by Gasteiger charge is -2.17. The summed E-state index contributed by atoms with van der Waals surface area (Å²) in [5.41, 5.74) is 1.80. The van der Waals surface area contributed by atoms with Gasteiger partial charge in [-0.1, -0.05) is 6.07 Å².